The number of likely N-dealkylation sites (tertiary alicyclic amines) is 2. The third-order valence-electron chi connectivity index (χ3n) is 5.80. The van der Waals surface area contributed by atoms with Crippen molar-refractivity contribution in [3.8, 4) is 0 Å². The first kappa shape index (κ1) is 18.9. The Morgan fingerprint density at radius 1 is 1.12 bits per heavy atom. The Kier molecular flexibility index (Phi) is 6.30. The maximum Gasteiger partial charge on any atom is 0.253 e. The van der Waals surface area contributed by atoms with Crippen LogP contribution in [0.3, 0.4) is 0 Å². The van der Waals surface area contributed by atoms with Crippen LogP contribution in [0.1, 0.15) is 48.5 Å². The number of carbonyl (C=O) groups excluding carboxylic acids is 2. The third kappa shape index (κ3) is 4.44. The van der Waals surface area contributed by atoms with E-state index in [1.807, 2.05) is 36.1 Å². The smallest absolute Gasteiger partial charge is 0.253 e. The van der Waals surface area contributed by atoms with E-state index in [0.717, 1.165) is 51.0 Å². The highest BCUT2D eigenvalue weighted by Gasteiger charge is 2.30. The maximum absolute atomic E-state index is 12.7. The second kappa shape index (κ2) is 8.67. The Labute approximate surface area is 156 Å². The molecule has 0 aliphatic carbocycles. The van der Waals surface area contributed by atoms with Gasteiger partial charge in [-0.05, 0) is 57.8 Å². The zero-order chi connectivity index (χ0) is 18.5. The number of hydrogen-bond acceptors (Lipinski definition) is 3. The van der Waals surface area contributed by atoms with E-state index < -0.39 is 0 Å². The Morgan fingerprint density at radius 3 is 2.58 bits per heavy atom. The molecule has 0 bridgehead atoms. The van der Waals surface area contributed by atoms with Gasteiger partial charge in [0.1, 0.15) is 0 Å². The fourth-order valence-electron chi connectivity index (χ4n) is 4.16. The lowest BCUT2D eigenvalue weighted by Gasteiger charge is -2.32. The topological polar surface area (TPSA) is 52.7 Å². The number of hydrogen-bond donors (Lipinski definition) is 1. The zero-order valence-electron chi connectivity index (χ0n) is 16.0. The van der Waals surface area contributed by atoms with Gasteiger partial charge in [0, 0.05) is 31.2 Å². The van der Waals surface area contributed by atoms with Crippen LogP contribution in [0.2, 0.25) is 0 Å². The molecule has 5 nitrogen and oxygen atoms in total. The highest BCUT2D eigenvalue weighted by atomic mass is 16.2. The number of likely N-dealkylation sites (N-methyl/N-ethyl adjacent to an activating group) is 1. The molecule has 2 amide bonds. The molecule has 1 aromatic carbocycles. The van der Waals surface area contributed by atoms with E-state index in [2.05, 4.69) is 17.1 Å². The van der Waals surface area contributed by atoms with Gasteiger partial charge in [0.2, 0.25) is 5.91 Å². The predicted octanol–water partition coefficient (Wildman–Crippen LogP) is 2.45. The molecule has 2 saturated heterocycles. The number of amides is 2. The van der Waals surface area contributed by atoms with Crippen molar-refractivity contribution in [3.63, 3.8) is 0 Å². The molecule has 2 fully saturated rings. The summed E-state index contributed by atoms with van der Waals surface area (Å²) in [5, 5.41) is 3.15. The Hall–Kier alpha value is -1.88. The van der Waals surface area contributed by atoms with Crippen molar-refractivity contribution < 1.29 is 9.59 Å². The number of piperidine rings is 1. The van der Waals surface area contributed by atoms with Crippen LogP contribution in [-0.2, 0) is 4.79 Å². The van der Waals surface area contributed by atoms with Gasteiger partial charge in [0.05, 0.1) is 5.92 Å². The van der Waals surface area contributed by atoms with Gasteiger partial charge in [-0.25, -0.2) is 0 Å². The molecule has 2 aliphatic heterocycles. The Bertz CT molecular complexity index is 629. The van der Waals surface area contributed by atoms with Gasteiger partial charge in [-0.1, -0.05) is 24.6 Å². The van der Waals surface area contributed by atoms with Gasteiger partial charge in [-0.3, -0.25) is 14.5 Å². The third-order valence-corrected chi connectivity index (χ3v) is 5.80. The molecule has 2 aliphatic rings. The molecule has 5 heteroatoms. The number of nitrogens with one attached hydrogen (secondary N) is 1. The molecule has 0 saturated carbocycles. The largest absolute Gasteiger partial charge is 0.354 e. The first-order valence-electron chi connectivity index (χ1n) is 9.96. The highest BCUT2D eigenvalue weighted by molar-refractivity contribution is 5.94. The van der Waals surface area contributed by atoms with E-state index in [0.29, 0.717) is 18.2 Å². The minimum absolute atomic E-state index is 0.0375. The summed E-state index contributed by atoms with van der Waals surface area (Å²) in [5.41, 5.74) is 1.85. The van der Waals surface area contributed by atoms with Crippen LogP contribution in [0.5, 0.6) is 0 Å². The number of aryl methyl sites for hydroxylation is 1. The molecule has 1 aromatic rings. The van der Waals surface area contributed by atoms with Gasteiger partial charge in [0.15, 0.2) is 0 Å². The normalized spacial score (nSPS) is 23.8. The van der Waals surface area contributed by atoms with Crippen LogP contribution in [-0.4, -0.2) is 60.4 Å². The van der Waals surface area contributed by atoms with Crippen molar-refractivity contribution >= 4 is 11.8 Å². The van der Waals surface area contributed by atoms with Crippen LogP contribution < -0.4 is 5.32 Å². The lowest BCUT2D eigenvalue weighted by molar-refractivity contribution is -0.126. The van der Waals surface area contributed by atoms with E-state index in [4.69, 9.17) is 0 Å². The van der Waals surface area contributed by atoms with E-state index in [9.17, 15) is 9.59 Å². The SMILES string of the molecule is CCN1CCC[C@H]1CNC(=O)[C@H]1CCCN(C(=O)c2ccc(C)cc2)C1. The van der Waals surface area contributed by atoms with Crippen LogP contribution in [0.25, 0.3) is 0 Å². The molecule has 1 N–H and O–H groups in total. The minimum atomic E-state index is -0.0883. The summed E-state index contributed by atoms with van der Waals surface area (Å²) >= 11 is 0. The summed E-state index contributed by atoms with van der Waals surface area (Å²) in [6.07, 6.45) is 4.14. The summed E-state index contributed by atoms with van der Waals surface area (Å²) in [4.78, 5) is 29.6. The van der Waals surface area contributed by atoms with E-state index >= 15 is 0 Å². The molecule has 2 heterocycles. The van der Waals surface area contributed by atoms with Crippen LogP contribution in [0, 0.1) is 12.8 Å². The maximum atomic E-state index is 12.7. The average molecular weight is 357 g/mol. The Balaban J connectivity index is 1.53. The predicted molar refractivity (Wildman–Crippen MR) is 103 cm³/mol. The first-order chi connectivity index (χ1) is 12.6. The summed E-state index contributed by atoms with van der Waals surface area (Å²) in [5.74, 6) is 0.0550. The summed E-state index contributed by atoms with van der Waals surface area (Å²) in [6, 6.07) is 8.14. The van der Waals surface area contributed by atoms with Gasteiger partial charge >= 0.3 is 0 Å². The lowest BCUT2D eigenvalue weighted by atomic mass is 9.96. The van der Waals surface area contributed by atoms with Crippen molar-refractivity contribution in [1.82, 2.24) is 15.1 Å². The van der Waals surface area contributed by atoms with E-state index in [1.54, 1.807) is 0 Å². The highest BCUT2D eigenvalue weighted by Crippen LogP contribution is 2.20. The molecule has 2 atom stereocenters. The van der Waals surface area contributed by atoms with Crippen LogP contribution in [0.15, 0.2) is 24.3 Å². The van der Waals surface area contributed by atoms with Gasteiger partial charge < -0.3 is 10.2 Å². The van der Waals surface area contributed by atoms with Crippen molar-refractivity contribution in [2.24, 2.45) is 5.92 Å². The average Bonchev–Trinajstić information content (AvgIpc) is 3.14. The summed E-state index contributed by atoms with van der Waals surface area (Å²) in [7, 11) is 0. The second-order valence-electron chi connectivity index (χ2n) is 7.63. The lowest BCUT2D eigenvalue weighted by Crippen LogP contribution is -2.47. The molecule has 0 radical (unpaired) electrons. The number of benzene rings is 1. The zero-order valence-corrected chi connectivity index (χ0v) is 16.0. The summed E-state index contributed by atoms with van der Waals surface area (Å²) in [6.45, 7) is 8.37. The minimum Gasteiger partial charge on any atom is -0.354 e. The fraction of sp³-hybridized carbons (Fsp3) is 0.619. The summed E-state index contributed by atoms with van der Waals surface area (Å²) < 4.78 is 0. The second-order valence-corrected chi connectivity index (χ2v) is 7.63. The molecular weight excluding hydrogens is 326 g/mol. The first-order valence-corrected chi connectivity index (χ1v) is 9.96. The molecule has 0 spiro atoms. The van der Waals surface area contributed by atoms with Gasteiger partial charge in [-0.15, -0.1) is 0 Å². The molecule has 3 rings (SSSR count). The number of nitrogens with zero attached hydrogens (tertiary/aromatic N) is 2. The monoisotopic (exact) mass is 357 g/mol. The van der Waals surface area contributed by atoms with E-state index in [1.165, 1.54) is 6.42 Å². The fourth-order valence-corrected chi connectivity index (χ4v) is 4.16. The molecule has 0 aromatic heterocycles. The molecular formula is C21H31N3O2. The molecule has 26 heavy (non-hydrogen) atoms. The van der Waals surface area contributed by atoms with Crippen LogP contribution >= 0.6 is 0 Å². The standard InChI is InChI=1S/C21H31N3O2/c1-3-23-12-5-7-19(23)14-22-20(25)18-6-4-13-24(15-18)21(26)17-10-8-16(2)9-11-17/h8-11,18-19H,3-7,12-15H2,1-2H3,(H,22,25)/t18-,19-/m0/s1. The quantitative estimate of drug-likeness (QED) is 0.881. The van der Waals surface area contributed by atoms with Crippen molar-refractivity contribution in [2.45, 2.75) is 45.6 Å². The van der Waals surface area contributed by atoms with Crippen molar-refractivity contribution in [3.05, 3.63) is 35.4 Å². The van der Waals surface area contributed by atoms with Crippen LogP contribution in [0.4, 0.5) is 0 Å². The van der Waals surface area contributed by atoms with Gasteiger partial charge in [0.25, 0.3) is 5.91 Å². The van der Waals surface area contributed by atoms with Crippen molar-refractivity contribution in [2.75, 3.05) is 32.7 Å². The van der Waals surface area contributed by atoms with Crippen molar-refractivity contribution in [1.29, 1.82) is 0 Å². The van der Waals surface area contributed by atoms with Gasteiger partial charge in [-0.2, -0.15) is 0 Å². The molecule has 142 valence electrons. The number of carbonyl (C=O) groups is 2. The molecule has 0 unspecified atom stereocenters. The number of rotatable bonds is 5. The Morgan fingerprint density at radius 2 is 1.85 bits per heavy atom. The van der Waals surface area contributed by atoms with E-state index in [-0.39, 0.29) is 17.7 Å².